The summed E-state index contributed by atoms with van der Waals surface area (Å²) in [6, 6.07) is 16.7. The number of rotatable bonds is 5. The van der Waals surface area contributed by atoms with Crippen LogP contribution in [-0.2, 0) is 11.2 Å². The van der Waals surface area contributed by atoms with E-state index in [4.69, 9.17) is 0 Å². The number of hydrogen-bond acceptors (Lipinski definition) is 4. The molecule has 4 nitrogen and oxygen atoms in total. The Morgan fingerprint density at radius 2 is 0.900 bits per heavy atom. The van der Waals surface area contributed by atoms with Crippen LogP contribution in [0.4, 0.5) is 0 Å². The maximum atomic E-state index is 10.8. The van der Waals surface area contributed by atoms with Crippen LogP contribution in [0.2, 0.25) is 0 Å². The normalized spacial score (nSPS) is 17.2. The zero-order valence-electron chi connectivity index (χ0n) is 11.0. The van der Waals surface area contributed by atoms with Crippen molar-refractivity contribution >= 4 is 0 Å². The van der Waals surface area contributed by atoms with E-state index in [1.807, 2.05) is 0 Å². The van der Waals surface area contributed by atoms with Crippen LogP contribution in [0.3, 0.4) is 0 Å². The Hall–Kier alpha value is -1.72. The lowest BCUT2D eigenvalue weighted by atomic mass is 9.74. The summed E-state index contributed by atoms with van der Waals surface area (Å²) in [5.74, 6) is 0. The Kier molecular flexibility index (Phi) is 4.20. The van der Waals surface area contributed by atoms with Crippen LogP contribution in [0.25, 0.3) is 0 Å². The summed E-state index contributed by atoms with van der Waals surface area (Å²) in [7, 11) is 0. The second kappa shape index (κ2) is 5.73. The molecule has 0 aliphatic heterocycles. The average molecular weight is 274 g/mol. The minimum Gasteiger partial charge on any atom is -0.393 e. The molecule has 0 fully saturated rings. The second-order valence-electron chi connectivity index (χ2n) is 4.77. The standard InChI is InChI=1S/C16H18O4/c17-11-15(19,13-7-3-1-4-8-13)16(20,12-18)14-9-5-2-6-10-14/h1-10,17-20H,11-12H2/t15-,16+. The Balaban J connectivity index is 2.58. The highest BCUT2D eigenvalue weighted by Gasteiger charge is 2.51. The van der Waals surface area contributed by atoms with Gasteiger partial charge in [0.25, 0.3) is 0 Å². The van der Waals surface area contributed by atoms with E-state index >= 15 is 0 Å². The van der Waals surface area contributed by atoms with Gasteiger partial charge in [-0.25, -0.2) is 0 Å². The molecule has 0 amide bonds. The summed E-state index contributed by atoms with van der Waals surface area (Å²) in [6.07, 6.45) is 0. The molecule has 2 rings (SSSR count). The van der Waals surface area contributed by atoms with Crippen LogP contribution in [0.1, 0.15) is 11.1 Å². The molecular weight excluding hydrogens is 256 g/mol. The number of benzene rings is 2. The third kappa shape index (κ3) is 2.23. The van der Waals surface area contributed by atoms with E-state index < -0.39 is 24.4 Å². The molecule has 0 radical (unpaired) electrons. The molecule has 4 heteroatoms. The average Bonchev–Trinajstić information content (AvgIpc) is 2.54. The van der Waals surface area contributed by atoms with Gasteiger partial charge < -0.3 is 20.4 Å². The molecule has 4 N–H and O–H groups in total. The van der Waals surface area contributed by atoms with Crippen molar-refractivity contribution in [3.05, 3.63) is 71.8 Å². The van der Waals surface area contributed by atoms with Crippen LogP contribution in [0.15, 0.2) is 60.7 Å². The van der Waals surface area contributed by atoms with Crippen molar-refractivity contribution in [1.29, 1.82) is 0 Å². The topological polar surface area (TPSA) is 80.9 Å². The van der Waals surface area contributed by atoms with Gasteiger partial charge in [0.2, 0.25) is 0 Å². The third-order valence-corrected chi connectivity index (χ3v) is 3.64. The Bertz CT molecular complexity index is 491. The summed E-state index contributed by atoms with van der Waals surface area (Å²) in [6.45, 7) is -1.44. The first-order valence-electron chi connectivity index (χ1n) is 6.36. The largest absolute Gasteiger partial charge is 0.393 e. The predicted octanol–water partition coefficient (Wildman–Crippen LogP) is 0.747. The van der Waals surface area contributed by atoms with E-state index in [1.165, 1.54) is 0 Å². The van der Waals surface area contributed by atoms with Crippen LogP contribution in [0, 0.1) is 0 Å². The smallest absolute Gasteiger partial charge is 0.147 e. The van der Waals surface area contributed by atoms with Crippen molar-refractivity contribution in [2.24, 2.45) is 0 Å². The van der Waals surface area contributed by atoms with Crippen molar-refractivity contribution in [2.45, 2.75) is 11.2 Å². The monoisotopic (exact) mass is 274 g/mol. The van der Waals surface area contributed by atoms with Crippen molar-refractivity contribution in [1.82, 2.24) is 0 Å². The van der Waals surface area contributed by atoms with Crippen LogP contribution in [-0.4, -0.2) is 33.6 Å². The molecule has 0 heterocycles. The molecule has 0 saturated heterocycles. The maximum absolute atomic E-state index is 10.8. The Morgan fingerprint density at radius 1 is 0.600 bits per heavy atom. The van der Waals surface area contributed by atoms with Crippen molar-refractivity contribution in [2.75, 3.05) is 13.2 Å². The lowest BCUT2D eigenvalue weighted by Crippen LogP contribution is -2.54. The first-order chi connectivity index (χ1) is 9.58. The fourth-order valence-electron chi connectivity index (χ4n) is 2.35. The highest BCUT2D eigenvalue weighted by Crippen LogP contribution is 2.40. The van der Waals surface area contributed by atoms with E-state index in [1.54, 1.807) is 60.7 Å². The molecule has 0 saturated carbocycles. The van der Waals surface area contributed by atoms with Crippen LogP contribution < -0.4 is 0 Å². The first-order valence-corrected chi connectivity index (χ1v) is 6.36. The minimum atomic E-state index is -2.00. The fourth-order valence-corrected chi connectivity index (χ4v) is 2.35. The highest BCUT2D eigenvalue weighted by molar-refractivity contribution is 5.34. The quantitative estimate of drug-likeness (QED) is 0.648. The molecular formula is C16H18O4. The van der Waals surface area contributed by atoms with Gasteiger partial charge in [0.1, 0.15) is 11.2 Å². The number of aliphatic hydroxyl groups is 4. The van der Waals surface area contributed by atoms with Gasteiger partial charge in [-0.2, -0.15) is 0 Å². The minimum absolute atomic E-state index is 0.336. The van der Waals surface area contributed by atoms with Gasteiger partial charge in [-0.1, -0.05) is 60.7 Å². The van der Waals surface area contributed by atoms with Gasteiger partial charge in [-0.15, -0.1) is 0 Å². The Morgan fingerprint density at radius 3 is 1.15 bits per heavy atom. The molecule has 0 unspecified atom stereocenters. The highest BCUT2D eigenvalue weighted by atomic mass is 16.4. The second-order valence-corrected chi connectivity index (χ2v) is 4.77. The van der Waals surface area contributed by atoms with E-state index in [2.05, 4.69) is 0 Å². The fraction of sp³-hybridized carbons (Fsp3) is 0.250. The van der Waals surface area contributed by atoms with E-state index in [0.717, 1.165) is 0 Å². The maximum Gasteiger partial charge on any atom is 0.147 e. The molecule has 2 aromatic rings. The van der Waals surface area contributed by atoms with Crippen molar-refractivity contribution < 1.29 is 20.4 Å². The summed E-state index contributed by atoms with van der Waals surface area (Å²) in [5, 5.41) is 40.9. The van der Waals surface area contributed by atoms with E-state index in [0.29, 0.717) is 11.1 Å². The summed E-state index contributed by atoms with van der Waals surface area (Å²) >= 11 is 0. The van der Waals surface area contributed by atoms with E-state index in [-0.39, 0.29) is 0 Å². The van der Waals surface area contributed by atoms with Gasteiger partial charge in [0.15, 0.2) is 0 Å². The SMILES string of the molecule is OC[C@@](O)(c1ccccc1)[C@](O)(CO)c1ccccc1. The molecule has 0 aliphatic rings. The van der Waals surface area contributed by atoms with Gasteiger partial charge in [-0.3, -0.25) is 0 Å². The van der Waals surface area contributed by atoms with E-state index in [9.17, 15) is 20.4 Å². The molecule has 0 aromatic heterocycles. The Labute approximate surface area is 117 Å². The third-order valence-electron chi connectivity index (χ3n) is 3.64. The van der Waals surface area contributed by atoms with Gasteiger partial charge in [0.05, 0.1) is 13.2 Å². The van der Waals surface area contributed by atoms with Gasteiger partial charge in [-0.05, 0) is 11.1 Å². The lowest BCUT2D eigenvalue weighted by molar-refractivity contribution is -0.202. The predicted molar refractivity (Wildman–Crippen MR) is 74.8 cm³/mol. The van der Waals surface area contributed by atoms with Gasteiger partial charge in [0, 0.05) is 0 Å². The van der Waals surface area contributed by atoms with Crippen LogP contribution in [0.5, 0.6) is 0 Å². The summed E-state index contributed by atoms with van der Waals surface area (Å²) in [5.41, 5.74) is -3.32. The zero-order chi connectivity index (χ0) is 14.6. The van der Waals surface area contributed by atoms with Crippen molar-refractivity contribution in [3.63, 3.8) is 0 Å². The molecule has 0 bridgehead atoms. The van der Waals surface area contributed by atoms with Crippen molar-refractivity contribution in [3.8, 4) is 0 Å². The zero-order valence-corrected chi connectivity index (χ0v) is 11.0. The summed E-state index contributed by atoms with van der Waals surface area (Å²) in [4.78, 5) is 0. The molecule has 0 spiro atoms. The lowest BCUT2D eigenvalue weighted by Gasteiger charge is -2.42. The summed E-state index contributed by atoms with van der Waals surface area (Å²) < 4.78 is 0. The molecule has 106 valence electrons. The molecule has 20 heavy (non-hydrogen) atoms. The van der Waals surface area contributed by atoms with Gasteiger partial charge >= 0.3 is 0 Å². The molecule has 0 aliphatic carbocycles. The molecule has 2 atom stereocenters. The molecule has 2 aromatic carbocycles. The number of aliphatic hydroxyl groups excluding tert-OH is 2. The van der Waals surface area contributed by atoms with Crippen LogP contribution >= 0.6 is 0 Å². The number of hydrogen-bond donors (Lipinski definition) is 4. The first kappa shape index (κ1) is 14.7.